The van der Waals surface area contributed by atoms with Gasteiger partial charge in [-0.05, 0) is 37.6 Å². The summed E-state index contributed by atoms with van der Waals surface area (Å²) in [6, 6.07) is 5.24. The van der Waals surface area contributed by atoms with Gasteiger partial charge in [0, 0.05) is 5.56 Å². The molecule has 0 radical (unpaired) electrons. The van der Waals surface area contributed by atoms with E-state index in [-0.39, 0.29) is 12.5 Å². The molecule has 6 nitrogen and oxygen atoms in total. The molecule has 6 heteroatoms. The van der Waals surface area contributed by atoms with Gasteiger partial charge < -0.3 is 15.2 Å². The van der Waals surface area contributed by atoms with Crippen molar-refractivity contribution in [3.63, 3.8) is 0 Å². The number of hydrazine groups is 1. The summed E-state index contributed by atoms with van der Waals surface area (Å²) in [5.41, 5.74) is 4.83. The summed E-state index contributed by atoms with van der Waals surface area (Å²) in [6.07, 6.45) is 1.62. The van der Waals surface area contributed by atoms with Gasteiger partial charge in [-0.25, -0.2) is 4.98 Å². The quantitative estimate of drug-likeness (QED) is 0.572. The third-order valence-electron chi connectivity index (χ3n) is 2.71. The molecule has 0 saturated carbocycles. The van der Waals surface area contributed by atoms with Gasteiger partial charge in [0.15, 0.2) is 0 Å². The topological polar surface area (TPSA) is 93.2 Å². The second-order valence-electron chi connectivity index (χ2n) is 4.22. The smallest absolute Gasteiger partial charge is 0.251 e. The molecule has 0 saturated heterocycles. The number of amides is 1. The van der Waals surface area contributed by atoms with Crippen molar-refractivity contribution < 1.29 is 9.21 Å². The third kappa shape index (κ3) is 3.11. The summed E-state index contributed by atoms with van der Waals surface area (Å²) in [5, 5.41) is 2.75. The normalized spacial score (nSPS) is 10.3. The van der Waals surface area contributed by atoms with Crippen LogP contribution in [0.3, 0.4) is 0 Å². The predicted molar refractivity (Wildman–Crippen MR) is 71.4 cm³/mol. The Bertz CT molecular complexity index is 592. The summed E-state index contributed by atoms with van der Waals surface area (Å²) >= 11 is 0. The van der Waals surface area contributed by atoms with E-state index in [2.05, 4.69) is 15.7 Å². The number of hydrogen-bond donors (Lipinski definition) is 3. The fraction of sp³-hybridized carbons (Fsp3) is 0.231. The highest BCUT2D eigenvalue weighted by atomic mass is 16.4. The van der Waals surface area contributed by atoms with Gasteiger partial charge in [-0.2, -0.15) is 0 Å². The molecule has 0 aliphatic rings. The van der Waals surface area contributed by atoms with Crippen LogP contribution in [0.15, 0.2) is 28.8 Å². The maximum Gasteiger partial charge on any atom is 0.251 e. The fourth-order valence-electron chi connectivity index (χ4n) is 1.71. The Morgan fingerprint density at radius 1 is 1.42 bits per heavy atom. The first-order chi connectivity index (χ1) is 9.10. The summed E-state index contributed by atoms with van der Waals surface area (Å²) in [4.78, 5) is 16.0. The van der Waals surface area contributed by atoms with Crippen molar-refractivity contribution >= 4 is 11.6 Å². The standard InChI is InChI=1S/C13H16N4O2/c1-8-5-10(3-4-11(8)17-14)13(18)16-7-12-15-6-9(2)19-12/h3-6,17H,7,14H2,1-2H3,(H,16,18). The molecule has 0 aliphatic heterocycles. The van der Waals surface area contributed by atoms with Crippen LogP contribution in [0.5, 0.6) is 0 Å². The number of aromatic nitrogens is 1. The Labute approximate surface area is 111 Å². The molecule has 1 aromatic heterocycles. The summed E-state index contributed by atoms with van der Waals surface area (Å²) in [5.74, 6) is 6.37. The fourth-order valence-corrected chi connectivity index (χ4v) is 1.71. The number of hydrogen-bond acceptors (Lipinski definition) is 5. The number of anilines is 1. The van der Waals surface area contributed by atoms with E-state index in [1.54, 1.807) is 31.3 Å². The largest absolute Gasteiger partial charge is 0.444 e. The van der Waals surface area contributed by atoms with Crippen molar-refractivity contribution in [1.82, 2.24) is 10.3 Å². The zero-order chi connectivity index (χ0) is 13.8. The van der Waals surface area contributed by atoms with Gasteiger partial charge in [0.2, 0.25) is 5.89 Å². The lowest BCUT2D eigenvalue weighted by Gasteiger charge is -2.07. The first-order valence-corrected chi connectivity index (χ1v) is 5.87. The highest BCUT2D eigenvalue weighted by molar-refractivity contribution is 5.94. The molecule has 4 N–H and O–H groups in total. The number of carbonyl (C=O) groups excluding carboxylic acids is 1. The number of aryl methyl sites for hydroxylation is 2. The highest BCUT2D eigenvalue weighted by Gasteiger charge is 2.08. The van der Waals surface area contributed by atoms with Gasteiger partial charge in [-0.1, -0.05) is 0 Å². The van der Waals surface area contributed by atoms with Crippen LogP contribution in [-0.4, -0.2) is 10.9 Å². The zero-order valence-electron chi connectivity index (χ0n) is 10.9. The van der Waals surface area contributed by atoms with Crippen LogP contribution in [0.2, 0.25) is 0 Å². The molecule has 100 valence electrons. The first kappa shape index (κ1) is 13.1. The molecule has 2 aromatic rings. The number of oxazole rings is 1. The van der Waals surface area contributed by atoms with Crippen molar-refractivity contribution in [2.45, 2.75) is 20.4 Å². The molecular formula is C13H16N4O2. The van der Waals surface area contributed by atoms with Crippen molar-refractivity contribution in [3.05, 3.63) is 47.2 Å². The SMILES string of the molecule is Cc1cnc(CNC(=O)c2ccc(NN)c(C)c2)o1. The van der Waals surface area contributed by atoms with E-state index in [1.165, 1.54) is 0 Å². The molecular weight excluding hydrogens is 244 g/mol. The van der Waals surface area contributed by atoms with E-state index in [0.29, 0.717) is 11.5 Å². The van der Waals surface area contributed by atoms with Crippen LogP contribution in [0.1, 0.15) is 27.6 Å². The third-order valence-corrected chi connectivity index (χ3v) is 2.71. The molecule has 1 aromatic carbocycles. The number of nitrogens with zero attached hydrogens (tertiary/aromatic N) is 1. The van der Waals surface area contributed by atoms with E-state index in [0.717, 1.165) is 17.0 Å². The molecule has 0 bridgehead atoms. The van der Waals surface area contributed by atoms with Gasteiger partial charge in [-0.15, -0.1) is 0 Å². The number of nitrogens with one attached hydrogen (secondary N) is 2. The van der Waals surface area contributed by atoms with Crippen molar-refractivity contribution in [2.75, 3.05) is 5.43 Å². The number of benzene rings is 1. The van der Waals surface area contributed by atoms with Gasteiger partial charge in [0.25, 0.3) is 5.91 Å². The van der Waals surface area contributed by atoms with Crippen LogP contribution < -0.4 is 16.6 Å². The predicted octanol–water partition coefficient (Wildman–Crippen LogP) is 1.51. The van der Waals surface area contributed by atoms with Gasteiger partial charge >= 0.3 is 0 Å². The van der Waals surface area contributed by atoms with Crippen LogP contribution in [0, 0.1) is 13.8 Å². The van der Waals surface area contributed by atoms with Crippen molar-refractivity contribution in [1.29, 1.82) is 0 Å². The maximum atomic E-state index is 11.9. The molecule has 19 heavy (non-hydrogen) atoms. The lowest BCUT2D eigenvalue weighted by Crippen LogP contribution is -2.23. The number of nitrogens with two attached hydrogens (primary N) is 1. The number of carbonyl (C=O) groups is 1. The maximum absolute atomic E-state index is 11.9. The minimum atomic E-state index is -0.178. The molecule has 1 amide bonds. The molecule has 0 spiro atoms. The molecule has 0 unspecified atom stereocenters. The highest BCUT2D eigenvalue weighted by Crippen LogP contribution is 2.15. The van der Waals surface area contributed by atoms with E-state index >= 15 is 0 Å². The lowest BCUT2D eigenvalue weighted by molar-refractivity contribution is 0.0947. The minimum Gasteiger partial charge on any atom is -0.444 e. The molecule has 0 atom stereocenters. The Balaban J connectivity index is 2.01. The zero-order valence-corrected chi connectivity index (χ0v) is 10.9. The summed E-state index contributed by atoms with van der Waals surface area (Å²) < 4.78 is 5.28. The van der Waals surface area contributed by atoms with Gasteiger partial charge in [-0.3, -0.25) is 10.6 Å². The van der Waals surface area contributed by atoms with Gasteiger partial charge in [0.1, 0.15) is 5.76 Å². The van der Waals surface area contributed by atoms with Crippen LogP contribution in [0.4, 0.5) is 5.69 Å². The summed E-state index contributed by atoms with van der Waals surface area (Å²) in [7, 11) is 0. The van der Waals surface area contributed by atoms with Crippen LogP contribution in [0.25, 0.3) is 0 Å². The van der Waals surface area contributed by atoms with Crippen LogP contribution >= 0.6 is 0 Å². The molecule has 1 heterocycles. The van der Waals surface area contributed by atoms with Crippen LogP contribution in [-0.2, 0) is 6.54 Å². The average molecular weight is 260 g/mol. The van der Waals surface area contributed by atoms with Crippen molar-refractivity contribution in [3.8, 4) is 0 Å². The molecule has 2 rings (SSSR count). The lowest BCUT2D eigenvalue weighted by atomic mass is 10.1. The number of rotatable bonds is 4. The average Bonchev–Trinajstić information content (AvgIpc) is 2.81. The Hall–Kier alpha value is -2.34. The van der Waals surface area contributed by atoms with Gasteiger partial charge in [0.05, 0.1) is 18.4 Å². The van der Waals surface area contributed by atoms with E-state index in [9.17, 15) is 4.79 Å². The van der Waals surface area contributed by atoms with E-state index in [1.807, 2.05) is 6.92 Å². The molecule has 0 aliphatic carbocycles. The summed E-state index contributed by atoms with van der Waals surface area (Å²) in [6.45, 7) is 3.95. The monoisotopic (exact) mass is 260 g/mol. The Kier molecular flexibility index (Phi) is 3.82. The second-order valence-corrected chi connectivity index (χ2v) is 4.22. The number of nitrogen functional groups attached to an aromatic ring is 1. The first-order valence-electron chi connectivity index (χ1n) is 5.87. The van der Waals surface area contributed by atoms with E-state index in [4.69, 9.17) is 10.3 Å². The molecule has 0 fully saturated rings. The Morgan fingerprint density at radius 3 is 2.79 bits per heavy atom. The van der Waals surface area contributed by atoms with E-state index < -0.39 is 0 Å². The Morgan fingerprint density at radius 2 is 2.21 bits per heavy atom. The minimum absolute atomic E-state index is 0.178. The van der Waals surface area contributed by atoms with Crippen molar-refractivity contribution in [2.24, 2.45) is 5.84 Å². The second kappa shape index (κ2) is 5.53.